The van der Waals surface area contributed by atoms with Crippen molar-refractivity contribution in [3.05, 3.63) is 70.8 Å². The Kier molecular flexibility index (Phi) is 6.36. The fourth-order valence-corrected chi connectivity index (χ4v) is 2.66. The first kappa shape index (κ1) is 18.0. The van der Waals surface area contributed by atoms with Crippen LogP contribution in [0.4, 0.5) is 0 Å². The highest BCUT2D eigenvalue weighted by atomic mass is 16.5. The van der Waals surface area contributed by atoms with Crippen LogP contribution in [-0.4, -0.2) is 12.4 Å². The van der Waals surface area contributed by atoms with Gasteiger partial charge in [-0.25, -0.2) is 0 Å². The molecule has 0 spiro atoms. The predicted molar refractivity (Wildman–Crippen MR) is 101 cm³/mol. The summed E-state index contributed by atoms with van der Waals surface area (Å²) in [4.78, 5) is 13.0. The number of carbonyl (C=O) groups is 1. The third-order valence-electron chi connectivity index (χ3n) is 4.03. The summed E-state index contributed by atoms with van der Waals surface area (Å²) < 4.78 is 5.70. The van der Waals surface area contributed by atoms with Crippen molar-refractivity contribution < 1.29 is 9.53 Å². The maximum absolute atomic E-state index is 13.0. The number of unbranched alkanes of at least 4 members (excludes halogenated alkanes) is 1. The molecule has 0 bridgehead atoms. The van der Waals surface area contributed by atoms with Crippen molar-refractivity contribution in [3.63, 3.8) is 0 Å². The molecule has 126 valence electrons. The topological polar surface area (TPSA) is 26.3 Å². The average molecular weight is 322 g/mol. The summed E-state index contributed by atoms with van der Waals surface area (Å²) >= 11 is 0. The number of aryl methyl sites for hydroxylation is 1. The monoisotopic (exact) mass is 322 g/mol. The van der Waals surface area contributed by atoms with Gasteiger partial charge in [-0.15, -0.1) is 0 Å². The van der Waals surface area contributed by atoms with Crippen LogP contribution < -0.4 is 4.74 Å². The molecule has 2 aromatic carbocycles. The van der Waals surface area contributed by atoms with E-state index in [0.29, 0.717) is 0 Å². The van der Waals surface area contributed by atoms with Crippen molar-refractivity contribution in [2.45, 2.75) is 40.5 Å². The second kappa shape index (κ2) is 8.49. The van der Waals surface area contributed by atoms with E-state index in [-0.39, 0.29) is 5.78 Å². The van der Waals surface area contributed by atoms with Gasteiger partial charge in [0.25, 0.3) is 0 Å². The zero-order chi connectivity index (χ0) is 17.5. The molecule has 2 aromatic rings. The van der Waals surface area contributed by atoms with Gasteiger partial charge in [-0.3, -0.25) is 4.79 Å². The molecule has 0 saturated heterocycles. The molecule has 0 aromatic heterocycles. The van der Waals surface area contributed by atoms with Crippen LogP contribution in [0.3, 0.4) is 0 Å². The van der Waals surface area contributed by atoms with E-state index >= 15 is 0 Å². The summed E-state index contributed by atoms with van der Waals surface area (Å²) in [5.41, 5.74) is 4.48. The molecule has 0 radical (unpaired) electrons. The second-order valence-electron chi connectivity index (χ2n) is 6.25. The van der Waals surface area contributed by atoms with Crippen LogP contribution in [0.1, 0.15) is 55.1 Å². The highest BCUT2D eigenvalue weighted by Crippen LogP contribution is 2.26. The van der Waals surface area contributed by atoms with Crippen LogP contribution in [0.5, 0.6) is 5.75 Å². The third-order valence-corrected chi connectivity index (χ3v) is 4.03. The minimum Gasteiger partial charge on any atom is -0.494 e. The minimum absolute atomic E-state index is 0.0766. The molecule has 0 N–H and O–H groups in total. The Bertz CT molecular complexity index is 720. The molecular formula is C22H26O2. The van der Waals surface area contributed by atoms with Gasteiger partial charge in [0, 0.05) is 11.1 Å². The Morgan fingerprint density at radius 3 is 2.25 bits per heavy atom. The number of ketones is 1. The van der Waals surface area contributed by atoms with E-state index in [9.17, 15) is 4.79 Å². The van der Waals surface area contributed by atoms with Crippen molar-refractivity contribution in [1.82, 2.24) is 0 Å². The largest absolute Gasteiger partial charge is 0.494 e. The lowest BCUT2D eigenvalue weighted by Gasteiger charge is -2.12. The van der Waals surface area contributed by atoms with Crippen molar-refractivity contribution in [2.75, 3.05) is 6.61 Å². The Hall–Kier alpha value is -2.35. The van der Waals surface area contributed by atoms with Crippen molar-refractivity contribution >= 4 is 11.4 Å². The molecule has 0 atom stereocenters. The molecule has 0 aliphatic rings. The number of carbonyl (C=O) groups excluding carboxylic acids is 1. The van der Waals surface area contributed by atoms with E-state index in [2.05, 4.69) is 6.92 Å². The maximum atomic E-state index is 13.0. The summed E-state index contributed by atoms with van der Waals surface area (Å²) in [5, 5.41) is 0. The summed E-state index contributed by atoms with van der Waals surface area (Å²) in [7, 11) is 0. The number of rotatable bonds is 7. The minimum atomic E-state index is 0.0766. The fraction of sp³-hybridized carbons (Fsp3) is 0.318. The van der Waals surface area contributed by atoms with E-state index in [1.165, 1.54) is 0 Å². The van der Waals surface area contributed by atoms with Gasteiger partial charge in [-0.2, -0.15) is 0 Å². The number of benzene rings is 2. The lowest BCUT2D eigenvalue weighted by atomic mass is 9.91. The number of allylic oxidation sites excluding steroid dienone is 2. The van der Waals surface area contributed by atoms with Gasteiger partial charge in [0.1, 0.15) is 5.75 Å². The molecule has 0 aliphatic heterocycles. The number of Topliss-reactive ketones (excluding diaryl/α,β-unsaturated/α-hetero) is 1. The van der Waals surface area contributed by atoms with Gasteiger partial charge in [0.05, 0.1) is 6.61 Å². The van der Waals surface area contributed by atoms with Gasteiger partial charge < -0.3 is 4.74 Å². The number of hydrogen-bond acceptors (Lipinski definition) is 2. The first-order valence-electron chi connectivity index (χ1n) is 8.55. The zero-order valence-corrected chi connectivity index (χ0v) is 15.1. The Morgan fingerprint density at radius 1 is 1.00 bits per heavy atom. The Balaban J connectivity index is 2.28. The molecule has 2 heteroatoms. The molecule has 0 unspecified atom stereocenters. The molecule has 24 heavy (non-hydrogen) atoms. The average Bonchev–Trinajstić information content (AvgIpc) is 2.56. The van der Waals surface area contributed by atoms with Gasteiger partial charge in [-0.05, 0) is 50.5 Å². The lowest BCUT2D eigenvalue weighted by Crippen LogP contribution is -2.06. The van der Waals surface area contributed by atoms with E-state index in [4.69, 9.17) is 4.74 Å². The quantitative estimate of drug-likeness (QED) is 0.363. The van der Waals surface area contributed by atoms with Gasteiger partial charge in [0.15, 0.2) is 5.78 Å². The fourth-order valence-electron chi connectivity index (χ4n) is 2.66. The first-order valence-corrected chi connectivity index (χ1v) is 8.55. The predicted octanol–water partition coefficient (Wildman–Crippen LogP) is 5.85. The molecule has 2 nitrogen and oxygen atoms in total. The van der Waals surface area contributed by atoms with Crippen LogP contribution in [0.15, 0.2) is 54.1 Å². The third kappa shape index (κ3) is 4.35. The van der Waals surface area contributed by atoms with Gasteiger partial charge >= 0.3 is 0 Å². The van der Waals surface area contributed by atoms with E-state index in [0.717, 1.165) is 53.0 Å². The molecule has 0 fully saturated rings. The van der Waals surface area contributed by atoms with Crippen molar-refractivity contribution in [3.8, 4) is 5.75 Å². The standard InChI is InChI=1S/C22H26O2/c1-5-6-15-24-19-13-11-18(12-14-19)21(16(2)3)22(23)20-10-8-7-9-17(20)4/h7-14H,5-6,15H2,1-4H3. The van der Waals surface area contributed by atoms with E-state index < -0.39 is 0 Å². The zero-order valence-electron chi connectivity index (χ0n) is 15.1. The van der Waals surface area contributed by atoms with Gasteiger partial charge in [0.2, 0.25) is 0 Å². The molecular weight excluding hydrogens is 296 g/mol. The van der Waals surface area contributed by atoms with Crippen LogP contribution in [0.25, 0.3) is 5.57 Å². The summed E-state index contributed by atoms with van der Waals surface area (Å²) in [5.74, 6) is 0.927. The number of ether oxygens (including phenoxy) is 1. The van der Waals surface area contributed by atoms with Crippen LogP contribution >= 0.6 is 0 Å². The van der Waals surface area contributed by atoms with Crippen molar-refractivity contribution in [1.29, 1.82) is 0 Å². The first-order chi connectivity index (χ1) is 11.5. The molecule has 0 saturated carbocycles. The SMILES string of the molecule is CCCCOc1ccc(C(C(=O)c2ccccc2C)=C(C)C)cc1. The Labute approximate surface area is 145 Å². The van der Waals surface area contributed by atoms with Crippen LogP contribution in [0, 0.1) is 6.92 Å². The Morgan fingerprint density at radius 2 is 1.67 bits per heavy atom. The number of hydrogen-bond donors (Lipinski definition) is 0. The van der Waals surface area contributed by atoms with Crippen LogP contribution in [0.2, 0.25) is 0 Å². The molecule has 0 aliphatic carbocycles. The smallest absolute Gasteiger partial charge is 0.193 e. The summed E-state index contributed by atoms with van der Waals surface area (Å²) in [6.07, 6.45) is 2.16. The van der Waals surface area contributed by atoms with E-state index in [1.807, 2.05) is 69.3 Å². The molecule has 0 heterocycles. The highest BCUT2D eigenvalue weighted by molar-refractivity contribution is 6.30. The summed E-state index contributed by atoms with van der Waals surface area (Å²) in [6.45, 7) is 8.81. The molecule has 2 rings (SSSR count). The summed E-state index contributed by atoms with van der Waals surface area (Å²) in [6, 6.07) is 15.6. The maximum Gasteiger partial charge on any atom is 0.193 e. The van der Waals surface area contributed by atoms with Crippen LogP contribution in [-0.2, 0) is 0 Å². The highest BCUT2D eigenvalue weighted by Gasteiger charge is 2.17. The van der Waals surface area contributed by atoms with Crippen molar-refractivity contribution in [2.24, 2.45) is 0 Å². The lowest BCUT2D eigenvalue weighted by molar-refractivity contribution is 0.105. The van der Waals surface area contributed by atoms with E-state index in [1.54, 1.807) is 0 Å². The van der Waals surface area contributed by atoms with Gasteiger partial charge in [-0.1, -0.05) is 55.3 Å². The second-order valence-corrected chi connectivity index (χ2v) is 6.25. The normalized spacial score (nSPS) is 10.3. The molecule has 0 amide bonds.